The van der Waals surface area contributed by atoms with Gasteiger partial charge in [0.05, 0.1) is 12.8 Å². The number of pyridine rings is 2. The monoisotopic (exact) mass is 228 g/mol. The van der Waals surface area contributed by atoms with Gasteiger partial charge in [-0.15, -0.1) is 0 Å². The highest BCUT2D eigenvalue weighted by Gasteiger charge is 2.09. The highest BCUT2D eigenvalue weighted by Crippen LogP contribution is 2.14. The highest BCUT2D eigenvalue weighted by molar-refractivity contribution is 6.08. The number of ketones is 1. The van der Waals surface area contributed by atoms with Gasteiger partial charge in [-0.25, -0.2) is 0 Å². The normalized spacial score (nSPS) is 9.94. The summed E-state index contributed by atoms with van der Waals surface area (Å²) in [5.41, 5.74) is 1.11. The van der Waals surface area contributed by atoms with E-state index in [1.807, 2.05) is 6.92 Å². The quantitative estimate of drug-likeness (QED) is 0.752. The molecule has 0 aliphatic rings. The van der Waals surface area contributed by atoms with Crippen molar-refractivity contribution in [3.05, 3.63) is 54.1 Å². The molecule has 0 aliphatic heterocycles. The maximum Gasteiger partial charge on any atom is 0.194 e. The molecule has 0 N–H and O–H groups in total. The molecular formula is C13H12N2O2. The first-order chi connectivity index (χ1) is 8.31. The van der Waals surface area contributed by atoms with E-state index in [0.29, 0.717) is 23.5 Å². The van der Waals surface area contributed by atoms with Crippen molar-refractivity contribution >= 4 is 5.78 Å². The van der Waals surface area contributed by atoms with Crippen molar-refractivity contribution in [3.8, 4) is 5.75 Å². The summed E-state index contributed by atoms with van der Waals surface area (Å²) in [6, 6.07) is 5.05. The van der Waals surface area contributed by atoms with Crippen LogP contribution in [0.4, 0.5) is 0 Å². The van der Waals surface area contributed by atoms with E-state index in [0.717, 1.165) is 0 Å². The van der Waals surface area contributed by atoms with Crippen molar-refractivity contribution in [2.75, 3.05) is 6.61 Å². The predicted octanol–water partition coefficient (Wildman–Crippen LogP) is 2.11. The first-order valence-corrected chi connectivity index (χ1v) is 5.34. The van der Waals surface area contributed by atoms with Crippen LogP contribution in [0.15, 0.2) is 43.0 Å². The van der Waals surface area contributed by atoms with Gasteiger partial charge in [-0.2, -0.15) is 0 Å². The topological polar surface area (TPSA) is 52.1 Å². The van der Waals surface area contributed by atoms with Crippen molar-refractivity contribution in [2.24, 2.45) is 0 Å². The summed E-state index contributed by atoms with van der Waals surface area (Å²) in [6.45, 7) is 2.44. The van der Waals surface area contributed by atoms with Crippen LogP contribution in [-0.4, -0.2) is 22.4 Å². The molecule has 0 bridgehead atoms. The van der Waals surface area contributed by atoms with Crippen molar-refractivity contribution in [3.63, 3.8) is 0 Å². The molecule has 4 heteroatoms. The fraction of sp³-hybridized carbons (Fsp3) is 0.154. The number of hydrogen-bond donors (Lipinski definition) is 0. The highest BCUT2D eigenvalue weighted by atomic mass is 16.5. The summed E-state index contributed by atoms with van der Waals surface area (Å²) in [7, 11) is 0. The van der Waals surface area contributed by atoms with Crippen LogP contribution in [0.3, 0.4) is 0 Å². The SMILES string of the molecule is CCOc1cncc(C(=O)c2ccncc2)c1. The van der Waals surface area contributed by atoms with E-state index in [-0.39, 0.29) is 5.78 Å². The molecule has 2 aromatic heterocycles. The van der Waals surface area contributed by atoms with Crippen molar-refractivity contribution in [1.29, 1.82) is 0 Å². The van der Waals surface area contributed by atoms with Crippen molar-refractivity contribution in [1.82, 2.24) is 9.97 Å². The average molecular weight is 228 g/mol. The van der Waals surface area contributed by atoms with Gasteiger partial charge in [0.15, 0.2) is 5.78 Å². The first-order valence-electron chi connectivity index (χ1n) is 5.34. The summed E-state index contributed by atoms with van der Waals surface area (Å²) >= 11 is 0. The summed E-state index contributed by atoms with van der Waals surface area (Å²) in [6.07, 6.45) is 6.30. The van der Waals surface area contributed by atoms with Gasteiger partial charge in [0.1, 0.15) is 5.75 Å². The van der Waals surface area contributed by atoms with Crippen LogP contribution in [0, 0.1) is 0 Å². The summed E-state index contributed by atoms with van der Waals surface area (Å²) in [4.78, 5) is 19.9. The van der Waals surface area contributed by atoms with Crippen LogP contribution in [0.25, 0.3) is 0 Å². The first kappa shape index (κ1) is 11.3. The van der Waals surface area contributed by atoms with Crippen LogP contribution in [0.1, 0.15) is 22.8 Å². The zero-order valence-corrected chi connectivity index (χ0v) is 9.46. The zero-order valence-electron chi connectivity index (χ0n) is 9.46. The molecule has 4 nitrogen and oxygen atoms in total. The van der Waals surface area contributed by atoms with E-state index >= 15 is 0 Å². The van der Waals surface area contributed by atoms with Gasteiger partial charge in [0, 0.05) is 29.7 Å². The van der Waals surface area contributed by atoms with Crippen LogP contribution in [0.2, 0.25) is 0 Å². The van der Waals surface area contributed by atoms with Crippen LogP contribution >= 0.6 is 0 Å². The van der Waals surface area contributed by atoms with E-state index in [9.17, 15) is 4.79 Å². The molecule has 0 aromatic carbocycles. The van der Waals surface area contributed by atoms with Gasteiger partial charge in [-0.05, 0) is 25.1 Å². The smallest absolute Gasteiger partial charge is 0.194 e. The number of aromatic nitrogens is 2. The Morgan fingerprint density at radius 3 is 2.65 bits per heavy atom. The van der Waals surface area contributed by atoms with Gasteiger partial charge < -0.3 is 4.74 Å². The zero-order chi connectivity index (χ0) is 12.1. The van der Waals surface area contributed by atoms with Crippen LogP contribution in [0.5, 0.6) is 5.75 Å². The summed E-state index contributed by atoms with van der Waals surface area (Å²) in [5, 5.41) is 0. The molecule has 0 saturated carbocycles. The Kier molecular flexibility index (Phi) is 3.45. The van der Waals surface area contributed by atoms with E-state index in [1.165, 1.54) is 6.20 Å². The second kappa shape index (κ2) is 5.21. The third-order valence-corrected chi connectivity index (χ3v) is 2.23. The Hall–Kier alpha value is -2.23. The minimum absolute atomic E-state index is 0.0820. The fourth-order valence-corrected chi connectivity index (χ4v) is 1.46. The molecule has 0 saturated heterocycles. The Morgan fingerprint density at radius 1 is 1.18 bits per heavy atom. The molecule has 0 unspecified atom stereocenters. The van der Waals surface area contributed by atoms with Crippen LogP contribution < -0.4 is 4.74 Å². The summed E-state index contributed by atoms with van der Waals surface area (Å²) in [5.74, 6) is 0.522. The molecule has 0 radical (unpaired) electrons. The van der Waals surface area contributed by atoms with Gasteiger partial charge >= 0.3 is 0 Å². The Morgan fingerprint density at radius 2 is 1.94 bits per heavy atom. The largest absolute Gasteiger partial charge is 0.492 e. The van der Waals surface area contributed by atoms with E-state index in [4.69, 9.17) is 4.74 Å². The third kappa shape index (κ3) is 2.66. The molecule has 86 valence electrons. The Bertz CT molecular complexity index is 512. The second-order valence-corrected chi connectivity index (χ2v) is 3.41. The molecule has 0 amide bonds. The standard InChI is InChI=1S/C13H12N2O2/c1-2-17-12-7-11(8-15-9-12)13(16)10-3-5-14-6-4-10/h3-9H,2H2,1H3. The lowest BCUT2D eigenvalue weighted by Gasteiger charge is -2.04. The third-order valence-electron chi connectivity index (χ3n) is 2.23. The number of carbonyl (C=O) groups excluding carboxylic acids is 1. The molecule has 2 rings (SSSR count). The van der Waals surface area contributed by atoms with E-state index < -0.39 is 0 Å². The maximum absolute atomic E-state index is 12.1. The van der Waals surface area contributed by atoms with Gasteiger partial charge in [0.2, 0.25) is 0 Å². The molecule has 2 aromatic rings. The van der Waals surface area contributed by atoms with E-state index in [1.54, 1.807) is 36.8 Å². The number of ether oxygens (including phenoxy) is 1. The van der Waals surface area contributed by atoms with Gasteiger partial charge in [-0.1, -0.05) is 0 Å². The minimum Gasteiger partial charge on any atom is -0.492 e. The number of hydrogen-bond acceptors (Lipinski definition) is 4. The lowest BCUT2D eigenvalue weighted by atomic mass is 10.1. The minimum atomic E-state index is -0.0820. The molecule has 17 heavy (non-hydrogen) atoms. The Balaban J connectivity index is 2.28. The number of rotatable bonds is 4. The summed E-state index contributed by atoms with van der Waals surface area (Å²) < 4.78 is 5.31. The molecule has 0 atom stereocenters. The molecule has 0 fully saturated rings. The molecular weight excluding hydrogens is 216 g/mol. The lowest BCUT2D eigenvalue weighted by molar-refractivity contribution is 0.103. The second-order valence-electron chi connectivity index (χ2n) is 3.41. The number of nitrogens with zero attached hydrogens (tertiary/aromatic N) is 2. The Labute approximate surface area is 99.3 Å². The molecule has 0 spiro atoms. The van der Waals surface area contributed by atoms with E-state index in [2.05, 4.69) is 9.97 Å². The number of carbonyl (C=O) groups is 1. The predicted molar refractivity (Wildman–Crippen MR) is 63.1 cm³/mol. The van der Waals surface area contributed by atoms with Crippen molar-refractivity contribution in [2.45, 2.75) is 6.92 Å². The van der Waals surface area contributed by atoms with Gasteiger partial charge in [-0.3, -0.25) is 14.8 Å². The molecule has 2 heterocycles. The maximum atomic E-state index is 12.1. The van der Waals surface area contributed by atoms with Gasteiger partial charge in [0.25, 0.3) is 0 Å². The average Bonchev–Trinajstić information content (AvgIpc) is 2.40. The van der Waals surface area contributed by atoms with Crippen molar-refractivity contribution < 1.29 is 9.53 Å². The molecule has 0 aliphatic carbocycles. The lowest BCUT2D eigenvalue weighted by Crippen LogP contribution is -2.03. The fourth-order valence-electron chi connectivity index (χ4n) is 1.46. The van der Waals surface area contributed by atoms with Crippen LogP contribution in [-0.2, 0) is 0 Å².